The smallest absolute Gasteiger partial charge is 0.241 e. The van der Waals surface area contributed by atoms with Crippen molar-refractivity contribution >= 4 is 29.0 Å². The molecule has 21 heavy (non-hydrogen) atoms. The average molecular weight is 291 g/mol. The SMILES string of the molecule is CC(=Nc1ccc(NC(=O)[C@@H](N)CC(N)=O)cc1)N(C)C. The molecule has 2 amide bonds. The van der Waals surface area contributed by atoms with Crippen LogP contribution in [0.3, 0.4) is 0 Å². The molecule has 0 aliphatic rings. The Labute approximate surface area is 124 Å². The Bertz CT molecular complexity index is 537. The number of carbonyl (C=O) groups is 2. The molecule has 7 heteroatoms. The monoisotopic (exact) mass is 291 g/mol. The molecule has 0 bridgehead atoms. The standard InChI is InChI=1S/C14H21N5O2/c1-9(19(2)3)17-10-4-6-11(7-5-10)18-14(21)12(15)8-13(16)20/h4-7,12H,8,15H2,1-3H3,(H2,16,20)(H,18,21)/t12-/m0/s1. The van der Waals surface area contributed by atoms with Crippen LogP contribution in [0.1, 0.15) is 13.3 Å². The van der Waals surface area contributed by atoms with Crippen molar-refractivity contribution in [3.05, 3.63) is 24.3 Å². The molecule has 1 atom stereocenters. The number of hydrogen-bond acceptors (Lipinski definition) is 4. The van der Waals surface area contributed by atoms with Crippen LogP contribution >= 0.6 is 0 Å². The lowest BCUT2D eigenvalue weighted by atomic mass is 10.2. The third-order valence-corrected chi connectivity index (χ3v) is 2.83. The van der Waals surface area contributed by atoms with E-state index in [1.165, 1.54) is 0 Å². The van der Waals surface area contributed by atoms with E-state index in [1.54, 1.807) is 24.3 Å². The fraction of sp³-hybridized carbons (Fsp3) is 0.357. The Morgan fingerprint density at radius 2 is 1.86 bits per heavy atom. The van der Waals surface area contributed by atoms with E-state index in [-0.39, 0.29) is 6.42 Å². The number of nitrogens with one attached hydrogen (secondary N) is 1. The Balaban J connectivity index is 2.69. The predicted octanol–water partition coefficient (Wildman–Crippen LogP) is 0.439. The first kappa shape index (κ1) is 16.6. The van der Waals surface area contributed by atoms with E-state index in [2.05, 4.69) is 10.3 Å². The number of nitrogens with zero attached hydrogens (tertiary/aromatic N) is 2. The van der Waals surface area contributed by atoms with Gasteiger partial charge in [0, 0.05) is 19.8 Å². The molecule has 114 valence electrons. The quantitative estimate of drug-likeness (QED) is 0.539. The Morgan fingerprint density at radius 3 is 2.33 bits per heavy atom. The maximum atomic E-state index is 11.7. The summed E-state index contributed by atoms with van der Waals surface area (Å²) < 4.78 is 0. The van der Waals surface area contributed by atoms with Gasteiger partial charge in [-0.25, -0.2) is 4.99 Å². The molecule has 1 rings (SSSR count). The molecule has 5 N–H and O–H groups in total. The van der Waals surface area contributed by atoms with Crippen LogP contribution in [0.15, 0.2) is 29.3 Å². The van der Waals surface area contributed by atoms with Gasteiger partial charge in [0.05, 0.1) is 18.2 Å². The molecular weight excluding hydrogens is 270 g/mol. The van der Waals surface area contributed by atoms with E-state index in [0.29, 0.717) is 5.69 Å². The molecular formula is C14H21N5O2. The van der Waals surface area contributed by atoms with Gasteiger partial charge in [-0.15, -0.1) is 0 Å². The minimum Gasteiger partial charge on any atom is -0.370 e. The summed E-state index contributed by atoms with van der Waals surface area (Å²) in [5.74, 6) is -0.189. The van der Waals surface area contributed by atoms with Gasteiger partial charge in [0.25, 0.3) is 0 Å². The highest BCUT2D eigenvalue weighted by Gasteiger charge is 2.15. The van der Waals surface area contributed by atoms with Crippen LogP contribution < -0.4 is 16.8 Å². The van der Waals surface area contributed by atoms with Gasteiger partial charge in [0.15, 0.2) is 0 Å². The second-order valence-electron chi connectivity index (χ2n) is 4.87. The fourth-order valence-corrected chi connectivity index (χ4v) is 1.45. The predicted molar refractivity (Wildman–Crippen MR) is 83.3 cm³/mol. The zero-order chi connectivity index (χ0) is 16.0. The highest BCUT2D eigenvalue weighted by molar-refractivity contribution is 5.97. The topological polar surface area (TPSA) is 114 Å². The summed E-state index contributed by atoms with van der Waals surface area (Å²) >= 11 is 0. The molecule has 0 saturated heterocycles. The molecule has 0 spiro atoms. The highest BCUT2D eigenvalue weighted by Crippen LogP contribution is 2.17. The lowest BCUT2D eigenvalue weighted by molar-refractivity contribution is -0.123. The molecule has 0 aliphatic heterocycles. The summed E-state index contributed by atoms with van der Waals surface area (Å²) in [6.45, 7) is 1.90. The molecule has 0 aromatic heterocycles. The minimum absolute atomic E-state index is 0.184. The van der Waals surface area contributed by atoms with Crippen molar-refractivity contribution in [2.24, 2.45) is 16.5 Å². The van der Waals surface area contributed by atoms with Gasteiger partial charge in [-0.05, 0) is 31.2 Å². The number of rotatable bonds is 5. The lowest BCUT2D eigenvalue weighted by Gasteiger charge is -2.12. The maximum absolute atomic E-state index is 11.7. The molecule has 0 unspecified atom stereocenters. The van der Waals surface area contributed by atoms with Crippen LogP contribution in [0.4, 0.5) is 11.4 Å². The summed E-state index contributed by atoms with van der Waals surface area (Å²) in [7, 11) is 3.82. The van der Waals surface area contributed by atoms with E-state index in [0.717, 1.165) is 11.5 Å². The second kappa shape index (κ2) is 7.39. The van der Waals surface area contributed by atoms with Gasteiger partial charge in [0.2, 0.25) is 11.8 Å². The van der Waals surface area contributed by atoms with E-state index in [9.17, 15) is 9.59 Å². The maximum Gasteiger partial charge on any atom is 0.241 e. The largest absolute Gasteiger partial charge is 0.370 e. The van der Waals surface area contributed by atoms with E-state index in [1.807, 2.05) is 25.9 Å². The molecule has 0 aliphatic carbocycles. The number of carbonyl (C=O) groups excluding carboxylic acids is 2. The average Bonchev–Trinajstić information content (AvgIpc) is 2.39. The van der Waals surface area contributed by atoms with Gasteiger partial charge in [0.1, 0.15) is 5.84 Å². The number of benzene rings is 1. The first-order valence-corrected chi connectivity index (χ1v) is 6.47. The van der Waals surface area contributed by atoms with Gasteiger partial charge in [-0.1, -0.05) is 0 Å². The molecule has 7 nitrogen and oxygen atoms in total. The van der Waals surface area contributed by atoms with E-state index in [4.69, 9.17) is 11.5 Å². The fourth-order valence-electron chi connectivity index (χ4n) is 1.45. The third kappa shape index (κ3) is 5.62. The Kier molecular flexibility index (Phi) is 5.86. The summed E-state index contributed by atoms with van der Waals surface area (Å²) in [6, 6.07) is 6.05. The zero-order valence-corrected chi connectivity index (χ0v) is 12.5. The van der Waals surface area contributed by atoms with Crippen LogP contribution in [0.5, 0.6) is 0 Å². The third-order valence-electron chi connectivity index (χ3n) is 2.83. The highest BCUT2D eigenvalue weighted by atomic mass is 16.2. The van der Waals surface area contributed by atoms with Crippen LogP contribution in [-0.2, 0) is 9.59 Å². The normalized spacial score (nSPS) is 12.7. The number of hydrogen-bond donors (Lipinski definition) is 3. The Morgan fingerprint density at radius 1 is 1.29 bits per heavy atom. The number of primary amides is 1. The summed E-state index contributed by atoms with van der Waals surface area (Å²) in [5, 5.41) is 2.62. The van der Waals surface area contributed by atoms with Gasteiger partial charge in [-0.3, -0.25) is 9.59 Å². The number of nitrogens with two attached hydrogens (primary N) is 2. The van der Waals surface area contributed by atoms with Crippen LogP contribution in [0.25, 0.3) is 0 Å². The van der Waals surface area contributed by atoms with Crippen LogP contribution in [-0.4, -0.2) is 42.7 Å². The first-order valence-electron chi connectivity index (χ1n) is 6.47. The molecule has 0 fully saturated rings. The van der Waals surface area contributed by atoms with Crippen molar-refractivity contribution in [1.82, 2.24) is 4.90 Å². The molecule has 1 aromatic carbocycles. The van der Waals surface area contributed by atoms with Crippen LogP contribution in [0.2, 0.25) is 0 Å². The van der Waals surface area contributed by atoms with Gasteiger partial charge >= 0.3 is 0 Å². The van der Waals surface area contributed by atoms with Crippen molar-refractivity contribution in [1.29, 1.82) is 0 Å². The van der Waals surface area contributed by atoms with Crippen LogP contribution in [0, 0.1) is 0 Å². The Hall–Kier alpha value is -2.41. The van der Waals surface area contributed by atoms with Gasteiger partial charge < -0.3 is 21.7 Å². The van der Waals surface area contributed by atoms with Crippen molar-refractivity contribution < 1.29 is 9.59 Å². The van der Waals surface area contributed by atoms with E-state index >= 15 is 0 Å². The van der Waals surface area contributed by atoms with Crippen molar-refractivity contribution in [3.8, 4) is 0 Å². The second-order valence-corrected chi connectivity index (χ2v) is 4.87. The summed E-state index contributed by atoms with van der Waals surface area (Å²) in [4.78, 5) is 28.7. The van der Waals surface area contributed by atoms with Gasteiger partial charge in [-0.2, -0.15) is 0 Å². The lowest BCUT2D eigenvalue weighted by Crippen LogP contribution is -2.38. The van der Waals surface area contributed by atoms with Crippen molar-refractivity contribution in [2.45, 2.75) is 19.4 Å². The number of amidine groups is 1. The molecule has 0 radical (unpaired) electrons. The molecule has 0 heterocycles. The number of anilines is 1. The first-order chi connectivity index (χ1) is 9.79. The molecule has 0 saturated carbocycles. The van der Waals surface area contributed by atoms with Crippen molar-refractivity contribution in [3.63, 3.8) is 0 Å². The minimum atomic E-state index is -0.948. The van der Waals surface area contributed by atoms with Crippen molar-refractivity contribution in [2.75, 3.05) is 19.4 Å². The van der Waals surface area contributed by atoms with E-state index < -0.39 is 17.9 Å². The zero-order valence-electron chi connectivity index (χ0n) is 12.5. The number of amides is 2. The number of aliphatic imine (C=N–C) groups is 1. The summed E-state index contributed by atoms with van der Waals surface area (Å²) in [5.41, 5.74) is 11.9. The summed E-state index contributed by atoms with van der Waals surface area (Å²) in [6.07, 6.45) is -0.184. The molecule has 1 aromatic rings.